The molecule has 5 nitrogen and oxygen atoms in total. The maximum Gasteiger partial charge on any atom is 0.205 e. The van der Waals surface area contributed by atoms with E-state index in [-0.39, 0.29) is 11.0 Å². The molecule has 1 aliphatic heterocycles. The summed E-state index contributed by atoms with van der Waals surface area (Å²) < 4.78 is 28.3. The number of aromatic nitrogens is 2. The molecular weight excluding hydrogens is 318 g/mol. The van der Waals surface area contributed by atoms with E-state index in [0.717, 1.165) is 29.6 Å². The summed E-state index contributed by atoms with van der Waals surface area (Å²) in [6.07, 6.45) is 1.35. The predicted molar refractivity (Wildman–Crippen MR) is 90.0 cm³/mol. The van der Waals surface area contributed by atoms with Gasteiger partial charge in [0, 0.05) is 35.9 Å². The van der Waals surface area contributed by atoms with Gasteiger partial charge < -0.3 is 4.90 Å². The highest BCUT2D eigenvalue weighted by atomic mass is 32.2. The molecule has 0 unspecified atom stereocenters. The van der Waals surface area contributed by atoms with Gasteiger partial charge >= 0.3 is 0 Å². The topological polar surface area (TPSA) is 63.2 Å². The van der Waals surface area contributed by atoms with Crippen molar-refractivity contribution in [1.82, 2.24) is 9.36 Å². The van der Waals surface area contributed by atoms with Crippen molar-refractivity contribution in [3.05, 3.63) is 30.3 Å². The zero-order valence-electron chi connectivity index (χ0n) is 12.5. The fraction of sp³-hybridized carbons (Fsp3) is 0.467. The van der Waals surface area contributed by atoms with E-state index in [1.54, 1.807) is 6.92 Å². The van der Waals surface area contributed by atoms with E-state index in [4.69, 9.17) is 0 Å². The van der Waals surface area contributed by atoms with Crippen LogP contribution in [0.5, 0.6) is 0 Å². The van der Waals surface area contributed by atoms with Gasteiger partial charge in [-0.2, -0.15) is 9.36 Å². The van der Waals surface area contributed by atoms with Gasteiger partial charge in [-0.15, -0.1) is 0 Å². The summed E-state index contributed by atoms with van der Waals surface area (Å²) in [5, 5.41) is 0.682. The summed E-state index contributed by atoms with van der Waals surface area (Å²) in [5.74, 6) is 0.971. The van der Waals surface area contributed by atoms with Crippen molar-refractivity contribution in [3.8, 4) is 11.4 Å². The van der Waals surface area contributed by atoms with Gasteiger partial charge in [0.25, 0.3) is 0 Å². The fourth-order valence-corrected chi connectivity index (χ4v) is 4.83. The van der Waals surface area contributed by atoms with Gasteiger partial charge in [0.2, 0.25) is 5.13 Å². The van der Waals surface area contributed by atoms with Crippen molar-refractivity contribution in [2.45, 2.75) is 25.0 Å². The highest BCUT2D eigenvalue weighted by Crippen LogP contribution is 2.27. The lowest BCUT2D eigenvalue weighted by Crippen LogP contribution is -2.39. The average Bonchev–Trinajstić information content (AvgIpc) is 3.06. The zero-order valence-corrected chi connectivity index (χ0v) is 14.1. The molecule has 1 aliphatic rings. The highest BCUT2D eigenvalue weighted by molar-refractivity contribution is 7.92. The maximum atomic E-state index is 11.9. The van der Waals surface area contributed by atoms with Gasteiger partial charge in [0.15, 0.2) is 15.7 Å². The average molecular weight is 337 g/mol. The van der Waals surface area contributed by atoms with Crippen LogP contribution < -0.4 is 4.90 Å². The second kappa shape index (κ2) is 6.34. The normalized spacial score (nSPS) is 16.9. The number of anilines is 1. The van der Waals surface area contributed by atoms with Crippen LogP contribution in [0.1, 0.15) is 19.8 Å². The molecule has 1 fully saturated rings. The van der Waals surface area contributed by atoms with E-state index in [1.165, 1.54) is 11.5 Å². The Kier molecular flexibility index (Phi) is 4.44. The van der Waals surface area contributed by atoms with Crippen LogP contribution in [-0.2, 0) is 9.84 Å². The van der Waals surface area contributed by atoms with Gasteiger partial charge in [0.1, 0.15) is 0 Å². The molecular formula is C15H19N3O2S2. The van der Waals surface area contributed by atoms with E-state index in [9.17, 15) is 8.42 Å². The summed E-state index contributed by atoms with van der Waals surface area (Å²) in [5.41, 5.74) is 1.01. The van der Waals surface area contributed by atoms with E-state index >= 15 is 0 Å². The van der Waals surface area contributed by atoms with Crippen molar-refractivity contribution in [2.75, 3.05) is 23.7 Å². The molecule has 118 valence electrons. The van der Waals surface area contributed by atoms with Crippen LogP contribution in [0.15, 0.2) is 30.3 Å². The third-order valence-electron chi connectivity index (χ3n) is 4.07. The molecule has 3 rings (SSSR count). The molecule has 0 saturated carbocycles. The van der Waals surface area contributed by atoms with Crippen LogP contribution in [0.2, 0.25) is 0 Å². The Morgan fingerprint density at radius 1 is 1.23 bits per heavy atom. The Bertz CT molecular complexity index is 720. The molecule has 1 saturated heterocycles. The second-order valence-corrected chi connectivity index (χ2v) is 8.70. The van der Waals surface area contributed by atoms with E-state index in [1.807, 2.05) is 30.3 Å². The predicted octanol–water partition coefficient (Wildman–Crippen LogP) is 2.61. The molecule has 0 N–H and O–H groups in total. The number of sulfone groups is 1. The van der Waals surface area contributed by atoms with Gasteiger partial charge in [-0.3, -0.25) is 0 Å². The molecule has 0 amide bonds. The minimum Gasteiger partial charge on any atom is -0.347 e. The first kappa shape index (κ1) is 15.4. The molecule has 2 heterocycles. The third kappa shape index (κ3) is 3.15. The molecule has 1 aromatic carbocycles. The molecule has 0 spiro atoms. The summed E-state index contributed by atoms with van der Waals surface area (Å²) in [6, 6.07) is 9.89. The molecule has 0 bridgehead atoms. The van der Waals surface area contributed by atoms with E-state index in [2.05, 4.69) is 14.3 Å². The van der Waals surface area contributed by atoms with Gasteiger partial charge in [-0.1, -0.05) is 37.3 Å². The maximum absolute atomic E-state index is 11.9. The summed E-state index contributed by atoms with van der Waals surface area (Å²) >= 11 is 1.38. The van der Waals surface area contributed by atoms with E-state index < -0.39 is 9.84 Å². The van der Waals surface area contributed by atoms with Crippen LogP contribution >= 0.6 is 11.5 Å². The Morgan fingerprint density at radius 3 is 2.55 bits per heavy atom. The van der Waals surface area contributed by atoms with Gasteiger partial charge in [0.05, 0.1) is 5.25 Å². The Labute approximate surface area is 135 Å². The first-order valence-corrected chi connectivity index (χ1v) is 9.94. The van der Waals surface area contributed by atoms with Crippen molar-refractivity contribution in [3.63, 3.8) is 0 Å². The number of nitrogens with zero attached hydrogens (tertiary/aromatic N) is 3. The van der Waals surface area contributed by atoms with Crippen LogP contribution in [-0.4, -0.2) is 41.9 Å². The Morgan fingerprint density at radius 2 is 1.91 bits per heavy atom. The lowest BCUT2D eigenvalue weighted by atomic mass is 10.1. The van der Waals surface area contributed by atoms with Crippen molar-refractivity contribution in [2.24, 2.45) is 0 Å². The van der Waals surface area contributed by atoms with Gasteiger partial charge in [-0.05, 0) is 12.8 Å². The van der Waals surface area contributed by atoms with Crippen molar-refractivity contribution in [1.29, 1.82) is 0 Å². The molecule has 1 aromatic heterocycles. The minimum absolute atomic E-state index is 0.199. The summed E-state index contributed by atoms with van der Waals surface area (Å²) in [6.45, 7) is 3.18. The molecule has 0 aliphatic carbocycles. The van der Waals surface area contributed by atoms with Crippen LogP contribution in [0.3, 0.4) is 0 Å². The van der Waals surface area contributed by atoms with Crippen LogP contribution in [0, 0.1) is 0 Å². The van der Waals surface area contributed by atoms with Gasteiger partial charge in [-0.25, -0.2) is 8.42 Å². The quantitative estimate of drug-likeness (QED) is 0.858. The Hall–Kier alpha value is -1.47. The third-order valence-corrected chi connectivity index (χ3v) is 7.14. The number of benzene rings is 1. The molecule has 7 heteroatoms. The number of hydrogen-bond donors (Lipinski definition) is 0. The molecule has 0 atom stereocenters. The SMILES string of the molecule is CCS(=O)(=O)C1CCN(c2nc(-c3ccccc3)ns2)CC1. The molecule has 22 heavy (non-hydrogen) atoms. The zero-order chi connectivity index (χ0) is 15.6. The largest absolute Gasteiger partial charge is 0.347 e. The lowest BCUT2D eigenvalue weighted by Gasteiger charge is -2.30. The minimum atomic E-state index is -2.92. The first-order chi connectivity index (χ1) is 10.6. The molecule has 2 aromatic rings. The first-order valence-electron chi connectivity index (χ1n) is 7.46. The van der Waals surface area contributed by atoms with Crippen molar-refractivity contribution < 1.29 is 8.42 Å². The Balaban J connectivity index is 1.69. The number of piperidine rings is 1. The van der Waals surface area contributed by atoms with Crippen LogP contribution in [0.4, 0.5) is 5.13 Å². The standard InChI is InChI=1S/C15H19N3O2S2/c1-2-22(19,20)13-8-10-18(11-9-13)15-16-14(17-21-15)12-6-4-3-5-7-12/h3-7,13H,2,8-11H2,1H3. The lowest BCUT2D eigenvalue weighted by molar-refractivity contribution is 0.530. The smallest absolute Gasteiger partial charge is 0.205 e. The number of hydrogen-bond acceptors (Lipinski definition) is 6. The van der Waals surface area contributed by atoms with Crippen molar-refractivity contribution >= 4 is 26.5 Å². The van der Waals surface area contributed by atoms with Crippen LogP contribution in [0.25, 0.3) is 11.4 Å². The number of rotatable bonds is 4. The summed E-state index contributed by atoms with van der Waals surface area (Å²) in [4.78, 5) is 6.74. The fourth-order valence-electron chi connectivity index (χ4n) is 2.69. The highest BCUT2D eigenvalue weighted by Gasteiger charge is 2.29. The monoisotopic (exact) mass is 337 g/mol. The second-order valence-electron chi connectivity index (χ2n) is 5.40. The van der Waals surface area contributed by atoms with E-state index in [0.29, 0.717) is 12.8 Å². The molecule has 0 radical (unpaired) electrons. The summed E-state index contributed by atoms with van der Waals surface area (Å²) in [7, 11) is -2.92.